The van der Waals surface area contributed by atoms with Gasteiger partial charge in [-0.2, -0.15) is 0 Å². The van der Waals surface area contributed by atoms with Gasteiger partial charge in [-0.25, -0.2) is 4.31 Å². The maximum atomic E-state index is 11.2. The van der Waals surface area contributed by atoms with Gasteiger partial charge in [0.05, 0.1) is 15.9 Å². The highest BCUT2D eigenvalue weighted by atomic mass is 32.2. The minimum atomic E-state index is -0.604. The van der Waals surface area contributed by atoms with Gasteiger partial charge < -0.3 is 0 Å². The van der Waals surface area contributed by atoms with E-state index in [4.69, 9.17) is 0 Å². The Bertz CT molecular complexity index is 596. The maximum Gasteiger partial charge on any atom is 0.291 e. The number of nitro groups is 2. The van der Waals surface area contributed by atoms with Crippen molar-refractivity contribution in [2.24, 2.45) is 0 Å². The van der Waals surface area contributed by atoms with Gasteiger partial charge in [0.2, 0.25) is 0 Å². The Labute approximate surface area is 132 Å². The first-order valence-corrected chi connectivity index (χ1v) is 8.24. The van der Waals surface area contributed by atoms with Gasteiger partial charge in [0.25, 0.3) is 11.4 Å². The Morgan fingerprint density at radius 1 is 1.00 bits per heavy atom. The average Bonchev–Trinajstić information content (AvgIpc) is 3.07. The van der Waals surface area contributed by atoms with E-state index in [1.54, 1.807) is 0 Å². The highest BCUT2D eigenvalue weighted by Gasteiger charge is 2.48. The Morgan fingerprint density at radius 2 is 1.64 bits per heavy atom. The normalized spacial score (nSPS) is 27.4. The van der Waals surface area contributed by atoms with Crippen LogP contribution >= 0.6 is 11.9 Å². The monoisotopic (exact) mass is 323 g/mol. The van der Waals surface area contributed by atoms with Crippen LogP contribution in [0.3, 0.4) is 0 Å². The van der Waals surface area contributed by atoms with E-state index in [0.29, 0.717) is 17.0 Å². The lowest BCUT2D eigenvalue weighted by Crippen LogP contribution is -1.97. The highest BCUT2D eigenvalue weighted by Crippen LogP contribution is 2.48. The van der Waals surface area contributed by atoms with Gasteiger partial charge >= 0.3 is 0 Å². The Balaban J connectivity index is 1.77. The molecule has 1 saturated heterocycles. The van der Waals surface area contributed by atoms with E-state index in [1.807, 2.05) is 0 Å². The van der Waals surface area contributed by atoms with Crippen LogP contribution in [0.2, 0.25) is 0 Å². The molecule has 1 aromatic carbocycles. The Morgan fingerprint density at radius 3 is 2.18 bits per heavy atom. The van der Waals surface area contributed by atoms with Crippen molar-refractivity contribution in [2.45, 2.75) is 55.5 Å². The van der Waals surface area contributed by atoms with Crippen LogP contribution in [0.25, 0.3) is 0 Å². The van der Waals surface area contributed by atoms with Crippen LogP contribution in [-0.4, -0.2) is 26.2 Å². The molecule has 1 saturated carbocycles. The van der Waals surface area contributed by atoms with Crippen molar-refractivity contribution in [3.63, 3.8) is 0 Å². The quantitative estimate of drug-likeness (QED) is 0.361. The lowest BCUT2D eigenvalue weighted by Gasteiger charge is -2.04. The molecule has 0 amide bonds. The van der Waals surface area contributed by atoms with E-state index >= 15 is 0 Å². The van der Waals surface area contributed by atoms with Crippen molar-refractivity contribution >= 4 is 23.3 Å². The second kappa shape index (κ2) is 6.21. The number of benzene rings is 1. The summed E-state index contributed by atoms with van der Waals surface area (Å²) in [6.07, 6.45) is 7.22. The van der Waals surface area contributed by atoms with Crippen LogP contribution in [0.4, 0.5) is 11.4 Å². The summed E-state index contributed by atoms with van der Waals surface area (Å²) in [4.78, 5) is 21.3. The van der Waals surface area contributed by atoms with Gasteiger partial charge in [0.15, 0.2) is 0 Å². The van der Waals surface area contributed by atoms with Crippen molar-refractivity contribution in [3.05, 3.63) is 38.4 Å². The van der Waals surface area contributed by atoms with Crippen molar-refractivity contribution in [2.75, 3.05) is 0 Å². The van der Waals surface area contributed by atoms with Gasteiger partial charge in [-0.15, -0.1) is 0 Å². The van der Waals surface area contributed by atoms with E-state index in [0.717, 1.165) is 18.9 Å². The van der Waals surface area contributed by atoms with Crippen LogP contribution in [0.1, 0.15) is 38.5 Å². The highest BCUT2D eigenvalue weighted by molar-refractivity contribution is 7.97. The molecule has 1 aliphatic heterocycles. The molecule has 22 heavy (non-hydrogen) atoms. The second-order valence-corrected chi connectivity index (χ2v) is 6.79. The van der Waals surface area contributed by atoms with Crippen LogP contribution in [-0.2, 0) is 0 Å². The zero-order valence-electron chi connectivity index (χ0n) is 12.0. The lowest BCUT2D eigenvalue weighted by molar-refractivity contribution is -0.396. The third-order valence-electron chi connectivity index (χ3n) is 4.31. The van der Waals surface area contributed by atoms with E-state index < -0.39 is 9.85 Å². The molecule has 7 nitrogen and oxygen atoms in total. The molecule has 0 bridgehead atoms. The fourth-order valence-corrected chi connectivity index (χ4v) is 4.39. The number of non-ortho nitro benzene ring substituents is 1. The average molecular weight is 323 g/mol. The molecule has 2 unspecified atom stereocenters. The van der Waals surface area contributed by atoms with Gasteiger partial charge in [0.1, 0.15) is 4.90 Å². The van der Waals surface area contributed by atoms with Crippen LogP contribution in [0, 0.1) is 20.2 Å². The predicted octanol–water partition coefficient (Wildman–Crippen LogP) is 3.92. The number of rotatable bonds is 4. The Kier molecular flexibility index (Phi) is 4.30. The summed E-state index contributed by atoms with van der Waals surface area (Å²) >= 11 is 1.38. The summed E-state index contributed by atoms with van der Waals surface area (Å²) in [6, 6.07) is 4.88. The summed E-state index contributed by atoms with van der Waals surface area (Å²) in [7, 11) is 0. The van der Waals surface area contributed by atoms with E-state index in [-0.39, 0.29) is 11.4 Å². The number of fused-ring (bicyclic) bond motifs is 1. The molecule has 1 aliphatic carbocycles. The summed E-state index contributed by atoms with van der Waals surface area (Å²) in [5, 5.41) is 21.9. The van der Waals surface area contributed by atoms with Crippen molar-refractivity contribution < 1.29 is 9.85 Å². The Hall–Kier alpha value is -1.67. The first kappa shape index (κ1) is 15.2. The van der Waals surface area contributed by atoms with Gasteiger partial charge in [-0.05, 0) is 30.9 Å². The first-order chi connectivity index (χ1) is 10.6. The largest absolute Gasteiger partial charge is 0.291 e. The van der Waals surface area contributed by atoms with Crippen LogP contribution in [0.15, 0.2) is 23.1 Å². The molecule has 0 radical (unpaired) electrons. The third-order valence-corrected chi connectivity index (χ3v) is 5.61. The molecule has 118 valence electrons. The predicted molar refractivity (Wildman–Crippen MR) is 82.7 cm³/mol. The molecule has 1 aromatic rings. The number of hydrogen-bond acceptors (Lipinski definition) is 6. The molecule has 0 spiro atoms. The summed E-state index contributed by atoms with van der Waals surface area (Å²) in [5.74, 6) is 0. The number of nitro benzene ring substituents is 2. The molecule has 2 fully saturated rings. The molecule has 0 N–H and O–H groups in total. The molecular weight excluding hydrogens is 306 g/mol. The number of nitrogens with zero attached hydrogens (tertiary/aromatic N) is 3. The van der Waals surface area contributed by atoms with Crippen molar-refractivity contribution in [1.29, 1.82) is 0 Å². The molecule has 2 aliphatic rings. The standard InChI is InChI=1S/C14H17N3O4S/c18-16(19)10-7-8-14(13(9-10)17(20)21)22-15-11-5-3-1-2-4-6-12(11)15/h7-9,11-12H,1-6H2. The third kappa shape index (κ3) is 3.07. The van der Waals surface area contributed by atoms with E-state index in [2.05, 4.69) is 4.31 Å². The fraction of sp³-hybridized carbons (Fsp3) is 0.571. The zero-order chi connectivity index (χ0) is 15.7. The minimum Gasteiger partial charge on any atom is -0.258 e. The summed E-state index contributed by atoms with van der Waals surface area (Å²) in [5.41, 5.74) is -0.425. The SMILES string of the molecule is O=[N+]([O-])c1ccc(SN2C3CCCCCCC32)c([N+](=O)[O-])c1. The second-order valence-electron chi connectivity index (χ2n) is 5.74. The smallest absolute Gasteiger partial charge is 0.258 e. The van der Waals surface area contributed by atoms with E-state index in [9.17, 15) is 20.2 Å². The minimum absolute atomic E-state index is 0.182. The molecule has 0 aromatic heterocycles. The van der Waals surface area contributed by atoms with Crippen LogP contribution in [0.5, 0.6) is 0 Å². The summed E-state index contributed by atoms with van der Waals surface area (Å²) < 4.78 is 2.22. The first-order valence-electron chi connectivity index (χ1n) is 7.47. The molecular formula is C14H17N3O4S. The summed E-state index contributed by atoms with van der Waals surface area (Å²) in [6.45, 7) is 0. The lowest BCUT2D eigenvalue weighted by atomic mass is 10.0. The molecule has 1 heterocycles. The zero-order valence-corrected chi connectivity index (χ0v) is 12.8. The number of hydrogen-bond donors (Lipinski definition) is 0. The van der Waals surface area contributed by atoms with Gasteiger partial charge in [0, 0.05) is 18.2 Å². The maximum absolute atomic E-state index is 11.2. The topological polar surface area (TPSA) is 89.3 Å². The van der Waals surface area contributed by atoms with Crippen molar-refractivity contribution in [3.8, 4) is 0 Å². The molecule has 3 rings (SSSR count). The molecule has 2 atom stereocenters. The van der Waals surface area contributed by atoms with Crippen LogP contribution < -0.4 is 0 Å². The fourth-order valence-electron chi connectivity index (χ4n) is 3.10. The van der Waals surface area contributed by atoms with Gasteiger partial charge in [-0.3, -0.25) is 20.2 Å². The van der Waals surface area contributed by atoms with Crippen molar-refractivity contribution in [1.82, 2.24) is 4.31 Å². The van der Waals surface area contributed by atoms with E-state index in [1.165, 1.54) is 49.8 Å². The van der Waals surface area contributed by atoms with Gasteiger partial charge in [-0.1, -0.05) is 25.7 Å². The molecule has 8 heteroatoms.